The lowest BCUT2D eigenvalue weighted by atomic mass is 9.76. The van der Waals surface area contributed by atoms with Crippen molar-refractivity contribution in [2.45, 2.75) is 62.6 Å². The normalized spacial score (nSPS) is 26.4. The average Bonchev–Trinajstić information content (AvgIpc) is 3.06. The molecule has 2 aromatic rings. The second kappa shape index (κ2) is 12.8. The van der Waals surface area contributed by atoms with Gasteiger partial charge in [-0.15, -0.1) is 0 Å². The largest absolute Gasteiger partial charge is 0.381 e. The number of nitrogens with zero attached hydrogens (tertiary/aromatic N) is 1. The molecule has 5 atom stereocenters. The fraction of sp³-hybridized carbons (Fsp3) is 0.552. The predicted molar refractivity (Wildman–Crippen MR) is 154 cm³/mol. The van der Waals surface area contributed by atoms with Crippen molar-refractivity contribution in [2.24, 2.45) is 11.7 Å². The SMILES string of the molecule is N[C@H](C(=O)Nc1cccc(F)c1CC[C@H]1CN[C@@H]2CCCS(=O)(=O)N1C2)[C@@H](c1ccc(Cl)cc1)C1CCOCC1. The summed E-state index contributed by atoms with van der Waals surface area (Å²) in [6.07, 6.45) is 3.75. The van der Waals surface area contributed by atoms with E-state index in [1.165, 1.54) is 6.07 Å². The molecule has 3 fully saturated rings. The third-order valence-electron chi connectivity index (χ3n) is 8.58. The number of hydrogen-bond acceptors (Lipinski definition) is 6. The Balaban J connectivity index is 1.32. The topological polar surface area (TPSA) is 114 Å². The number of nitrogens with two attached hydrogens (primary N) is 1. The van der Waals surface area contributed by atoms with E-state index >= 15 is 4.39 Å². The number of fused-ring (bicyclic) bond motifs is 2. The Labute approximate surface area is 240 Å². The number of anilines is 1. The minimum atomic E-state index is -3.35. The molecular formula is C29H38ClFN4O4S. The van der Waals surface area contributed by atoms with Gasteiger partial charge in [0.1, 0.15) is 5.82 Å². The van der Waals surface area contributed by atoms with Crippen LogP contribution >= 0.6 is 11.6 Å². The molecule has 0 aromatic heterocycles. The van der Waals surface area contributed by atoms with E-state index in [4.69, 9.17) is 22.1 Å². The van der Waals surface area contributed by atoms with Gasteiger partial charge in [-0.25, -0.2) is 12.8 Å². The number of carbonyl (C=O) groups excluding carboxylic acids is 1. The number of amides is 1. The van der Waals surface area contributed by atoms with E-state index in [-0.39, 0.29) is 36.1 Å². The number of halogens is 2. The molecule has 3 heterocycles. The molecule has 4 N–H and O–H groups in total. The third kappa shape index (κ3) is 6.69. The van der Waals surface area contributed by atoms with Gasteiger partial charge in [-0.05, 0) is 74.3 Å². The molecule has 0 aliphatic carbocycles. The Morgan fingerprint density at radius 3 is 2.67 bits per heavy atom. The van der Waals surface area contributed by atoms with Crippen LogP contribution in [0.2, 0.25) is 5.02 Å². The van der Waals surface area contributed by atoms with E-state index < -0.39 is 27.8 Å². The first-order valence-electron chi connectivity index (χ1n) is 14.1. The highest BCUT2D eigenvalue weighted by atomic mass is 35.5. The highest BCUT2D eigenvalue weighted by Gasteiger charge is 2.38. The maximum Gasteiger partial charge on any atom is 0.241 e. The Bertz CT molecular complexity index is 1290. The standard InChI is InChI=1S/C29H38ClFN4O4S/c30-21-8-6-19(7-9-21)27(20-12-14-39-15-13-20)28(32)29(36)34-26-5-1-4-25(31)24(26)11-10-23-17-33-22-3-2-16-40(37,38)35(23)18-22/h1,4-9,20,22-23,27-28,33H,2-3,10-18,32H2,(H,34,36)/t22-,23+,27+,28+/m1/s1. The average molecular weight is 593 g/mol. The van der Waals surface area contributed by atoms with E-state index in [2.05, 4.69) is 10.6 Å². The minimum absolute atomic E-state index is 0.141. The summed E-state index contributed by atoms with van der Waals surface area (Å²) >= 11 is 6.12. The number of benzene rings is 2. The lowest BCUT2D eigenvalue weighted by molar-refractivity contribution is -0.118. The number of ether oxygens (including phenoxy) is 1. The molecular weight excluding hydrogens is 555 g/mol. The molecule has 0 radical (unpaired) electrons. The summed E-state index contributed by atoms with van der Waals surface area (Å²) < 4.78 is 48.0. The Hall–Kier alpha value is -2.08. The molecule has 0 spiro atoms. The van der Waals surface area contributed by atoms with Crippen LogP contribution in [-0.2, 0) is 26.0 Å². The molecule has 5 rings (SSSR count). The van der Waals surface area contributed by atoms with Gasteiger partial charge in [0.25, 0.3) is 0 Å². The van der Waals surface area contributed by atoms with Crippen LogP contribution in [0.1, 0.15) is 49.1 Å². The number of rotatable bonds is 8. The summed E-state index contributed by atoms with van der Waals surface area (Å²) in [5, 5.41) is 6.96. The molecule has 218 valence electrons. The summed E-state index contributed by atoms with van der Waals surface area (Å²) in [5.41, 5.74) is 8.28. The second-order valence-electron chi connectivity index (χ2n) is 11.1. The highest BCUT2D eigenvalue weighted by molar-refractivity contribution is 7.89. The van der Waals surface area contributed by atoms with Crippen molar-refractivity contribution >= 4 is 33.2 Å². The molecule has 11 heteroatoms. The first-order chi connectivity index (χ1) is 19.2. The van der Waals surface area contributed by atoms with Crippen molar-refractivity contribution in [1.29, 1.82) is 0 Å². The maximum atomic E-state index is 15.1. The monoisotopic (exact) mass is 592 g/mol. The summed E-state index contributed by atoms with van der Waals surface area (Å²) in [4.78, 5) is 13.6. The quantitative estimate of drug-likeness (QED) is 0.431. The van der Waals surface area contributed by atoms with E-state index in [0.29, 0.717) is 55.4 Å². The van der Waals surface area contributed by atoms with Gasteiger partial charge in [0.15, 0.2) is 0 Å². The molecule has 3 aliphatic heterocycles. The lowest BCUT2D eigenvalue weighted by Gasteiger charge is -2.37. The fourth-order valence-electron chi connectivity index (χ4n) is 6.40. The number of sulfonamides is 1. The molecule has 3 aliphatic rings. The van der Waals surface area contributed by atoms with Crippen LogP contribution in [0.25, 0.3) is 0 Å². The number of nitrogens with one attached hydrogen (secondary N) is 2. The van der Waals surface area contributed by atoms with Crippen molar-refractivity contribution in [3.05, 3.63) is 64.4 Å². The number of piperazine rings is 1. The zero-order valence-corrected chi connectivity index (χ0v) is 24.1. The molecule has 40 heavy (non-hydrogen) atoms. The molecule has 8 nitrogen and oxygen atoms in total. The summed E-state index contributed by atoms with van der Waals surface area (Å²) in [6, 6.07) is 11.0. The lowest BCUT2D eigenvalue weighted by Crippen LogP contribution is -2.57. The van der Waals surface area contributed by atoms with Crippen molar-refractivity contribution in [2.75, 3.05) is 37.4 Å². The smallest absolute Gasteiger partial charge is 0.241 e. The Kier molecular flexibility index (Phi) is 9.44. The van der Waals surface area contributed by atoms with E-state index in [9.17, 15) is 13.2 Å². The zero-order valence-electron chi connectivity index (χ0n) is 22.5. The molecule has 1 unspecified atom stereocenters. The van der Waals surface area contributed by atoms with Gasteiger partial charge in [0.2, 0.25) is 15.9 Å². The third-order valence-corrected chi connectivity index (χ3v) is 10.8. The van der Waals surface area contributed by atoms with Gasteiger partial charge in [-0.2, -0.15) is 4.31 Å². The van der Waals surface area contributed by atoms with Gasteiger partial charge in [0.05, 0.1) is 11.8 Å². The van der Waals surface area contributed by atoms with Crippen molar-refractivity contribution in [3.8, 4) is 0 Å². The van der Waals surface area contributed by atoms with Crippen LogP contribution < -0.4 is 16.4 Å². The molecule has 3 saturated heterocycles. The van der Waals surface area contributed by atoms with Gasteiger partial charge in [-0.1, -0.05) is 29.8 Å². The van der Waals surface area contributed by atoms with Crippen LogP contribution in [-0.4, -0.2) is 68.8 Å². The van der Waals surface area contributed by atoms with Crippen LogP contribution in [0, 0.1) is 11.7 Å². The van der Waals surface area contributed by atoms with Crippen LogP contribution in [0.15, 0.2) is 42.5 Å². The Morgan fingerprint density at radius 1 is 1.18 bits per heavy atom. The molecule has 0 saturated carbocycles. The van der Waals surface area contributed by atoms with Crippen LogP contribution in [0.5, 0.6) is 0 Å². The zero-order chi connectivity index (χ0) is 28.3. The summed E-state index contributed by atoms with van der Waals surface area (Å²) in [7, 11) is -3.35. The molecule has 2 aromatic carbocycles. The first kappa shape index (κ1) is 29.4. The van der Waals surface area contributed by atoms with Crippen LogP contribution in [0.4, 0.5) is 10.1 Å². The molecule has 2 bridgehead atoms. The van der Waals surface area contributed by atoms with Crippen molar-refractivity contribution in [1.82, 2.24) is 9.62 Å². The van der Waals surface area contributed by atoms with E-state index in [1.54, 1.807) is 28.6 Å². The van der Waals surface area contributed by atoms with Gasteiger partial charge < -0.3 is 21.1 Å². The second-order valence-corrected chi connectivity index (χ2v) is 13.6. The number of hydrogen-bond donors (Lipinski definition) is 3. The minimum Gasteiger partial charge on any atom is -0.381 e. The van der Waals surface area contributed by atoms with Crippen molar-refractivity contribution < 1.29 is 22.3 Å². The van der Waals surface area contributed by atoms with Gasteiger partial charge in [0, 0.05) is 60.6 Å². The summed E-state index contributed by atoms with van der Waals surface area (Å²) in [5.74, 6) is -0.794. The fourth-order valence-corrected chi connectivity index (χ4v) is 8.33. The van der Waals surface area contributed by atoms with E-state index in [1.807, 2.05) is 12.1 Å². The predicted octanol–water partition coefficient (Wildman–Crippen LogP) is 3.65. The van der Waals surface area contributed by atoms with Gasteiger partial charge in [-0.3, -0.25) is 4.79 Å². The van der Waals surface area contributed by atoms with Gasteiger partial charge >= 0.3 is 0 Å². The summed E-state index contributed by atoms with van der Waals surface area (Å²) in [6.45, 7) is 2.20. The van der Waals surface area contributed by atoms with E-state index in [0.717, 1.165) is 24.8 Å². The first-order valence-corrected chi connectivity index (χ1v) is 16.1. The van der Waals surface area contributed by atoms with Crippen LogP contribution in [0.3, 0.4) is 0 Å². The molecule has 1 amide bonds. The number of carbonyl (C=O) groups is 1. The Morgan fingerprint density at radius 2 is 1.93 bits per heavy atom. The highest BCUT2D eigenvalue weighted by Crippen LogP contribution is 2.35. The van der Waals surface area contributed by atoms with Crippen molar-refractivity contribution in [3.63, 3.8) is 0 Å². The maximum absolute atomic E-state index is 15.1.